The van der Waals surface area contributed by atoms with Crippen LogP contribution in [0, 0.1) is 0 Å². The number of ketones is 1. The summed E-state index contributed by atoms with van der Waals surface area (Å²) >= 11 is 0. The molecule has 30 heavy (non-hydrogen) atoms. The number of anilines is 1. The minimum absolute atomic E-state index is 0.0214. The van der Waals surface area contributed by atoms with Crippen molar-refractivity contribution < 1.29 is 19.1 Å². The Morgan fingerprint density at radius 3 is 2.30 bits per heavy atom. The van der Waals surface area contributed by atoms with Gasteiger partial charge in [0, 0.05) is 5.56 Å². The van der Waals surface area contributed by atoms with E-state index in [1.54, 1.807) is 17.0 Å². The second kappa shape index (κ2) is 8.10. The minimum Gasteiger partial charge on any atom is -0.410 e. The Labute approximate surface area is 179 Å². The number of rotatable bonds is 7. The summed E-state index contributed by atoms with van der Waals surface area (Å²) in [5, 5.41) is 11.3. The molecule has 1 aliphatic heterocycles. The van der Waals surface area contributed by atoms with Crippen LogP contribution >= 0.6 is 0 Å². The molecule has 3 rings (SSSR count). The molecule has 0 saturated carbocycles. The Bertz CT molecular complexity index is 936. The molecule has 5 nitrogen and oxygen atoms in total. The van der Waals surface area contributed by atoms with Gasteiger partial charge in [-0.3, -0.25) is 9.59 Å². The van der Waals surface area contributed by atoms with E-state index in [4.69, 9.17) is 4.43 Å². The van der Waals surface area contributed by atoms with E-state index < -0.39 is 19.8 Å². The first-order chi connectivity index (χ1) is 14.0. The molecule has 1 amide bonds. The van der Waals surface area contributed by atoms with Gasteiger partial charge >= 0.3 is 0 Å². The van der Waals surface area contributed by atoms with Crippen LogP contribution in [0.5, 0.6) is 0 Å². The second-order valence-electron chi connectivity index (χ2n) is 9.52. The molecule has 1 heterocycles. The van der Waals surface area contributed by atoms with Crippen molar-refractivity contribution in [2.45, 2.75) is 57.5 Å². The lowest BCUT2D eigenvalue weighted by atomic mass is 9.90. The number of aliphatic hydroxyl groups is 1. The van der Waals surface area contributed by atoms with Crippen LogP contribution in [0.3, 0.4) is 0 Å². The van der Waals surface area contributed by atoms with Gasteiger partial charge in [0.25, 0.3) is 5.91 Å². The number of amides is 1. The predicted molar refractivity (Wildman–Crippen MR) is 121 cm³/mol. The summed E-state index contributed by atoms with van der Waals surface area (Å²) in [6, 6.07) is 16.8. The highest BCUT2D eigenvalue weighted by molar-refractivity contribution is 6.74. The maximum atomic E-state index is 13.3. The Kier molecular flexibility index (Phi) is 6.05. The third kappa shape index (κ3) is 4.26. The zero-order valence-electron chi connectivity index (χ0n) is 18.4. The van der Waals surface area contributed by atoms with Crippen LogP contribution in [0.1, 0.15) is 38.3 Å². The largest absolute Gasteiger partial charge is 0.410 e. The summed E-state index contributed by atoms with van der Waals surface area (Å²) < 4.78 is 6.01. The van der Waals surface area contributed by atoms with Gasteiger partial charge < -0.3 is 14.4 Å². The normalized spacial score (nSPS) is 19.1. The van der Waals surface area contributed by atoms with Crippen molar-refractivity contribution in [1.29, 1.82) is 0 Å². The number of hydrogen-bond donors (Lipinski definition) is 1. The molecule has 1 N–H and O–H groups in total. The topological polar surface area (TPSA) is 66.8 Å². The van der Waals surface area contributed by atoms with E-state index in [0.29, 0.717) is 17.8 Å². The van der Waals surface area contributed by atoms with E-state index in [1.807, 2.05) is 42.5 Å². The highest BCUT2D eigenvalue weighted by atomic mass is 28.4. The summed E-state index contributed by atoms with van der Waals surface area (Å²) in [7, 11) is -2.10. The maximum absolute atomic E-state index is 13.3. The molecule has 0 fully saturated rings. The summed E-state index contributed by atoms with van der Waals surface area (Å²) in [5.41, 5.74) is 0.218. The highest BCUT2D eigenvalue weighted by Gasteiger charge is 2.50. The molecule has 0 bridgehead atoms. The monoisotopic (exact) mass is 425 g/mol. The summed E-state index contributed by atoms with van der Waals surface area (Å²) in [6.07, 6.45) is -0.289. The fourth-order valence-corrected chi connectivity index (χ4v) is 4.37. The number of fused-ring (bicyclic) bond motifs is 1. The molecular weight excluding hydrogens is 394 g/mol. The number of carbonyl (C=O) groups is 2. The molecule has 2 aromatic carbocycles. The van der Waals surface area contributed by atoms with Crippen molar-refractivity contribution >= 4 is 25.7 Å². The number of nitrogens with zero attached hydrogens (tertiary/aromatic N) is 1. The second-order valence-corrected chi connectivity index (χ2v) is 14.3. The molecule has 0 unspecified atom stereocenters. The molecule has 0 aliphatic carbocycles. The lowest BCUT2D eigenvalue weighted by Gasteiger charge is -2.36. The maximum Gasteiger partial charge on any atom is 0.264 e. The average molecular weight is 426 g/mol. The third-order valence-corrected chi connectivity index (χ3v) is 10.8. The van der Waals surface area contributed by atoms with Crippen molar-refractivity contribution in [2.24, 2.45) is 0 Å². The van der Waals surface area contributed by atoms with Crippen LogP contribution in [0.4, 0.5) is 5.69 Å². The number of benzene rings is 2. The van der Waals surface area contributed by atoms with E-state index >= 15 is 0 Å². The van der Waals surface area contributed by atoms with Gasteiger partial charge in [-0.25, -0.2) is 0 Å². The van der Waals surface area contributed by atoms with Gasteiger partial charge in [-0.05, 0) is 29.8 Å². The van der Waals surface area contributed by atoms with Gasteiger partial charge in [0.15, 0.2) is 19.7 Å². The third-order valence-electron chi connectivity index (χ3n) is 6.28. The highest BCUT2D eigenvalue weighted by Crippen LogP contribution is 2.43. The van der Waals surface area contributed by atoms with E-state index in [-0.39, 0.29) is 23.8 Å². The summed E-state index contributed by atoms with van der Waals surface area (Å²) in [4.78, 5) is 27.6. The Hall–Kier alpha value is -2.28. The van der Waals surface area contributed by atoms with Gasteiger partial charge in [0.1, 0.15) is 0 Å². The fraction of sp³-hybridized carbons (Fsp3) is 0.417. The van der Waals surface area contributed by atoms with E-state index in [1.165, 1.54) is 0 Å². The van der Waals surface area contributed by atoms with Crippen molar-refractivity contribution in [3.63, 3.8) is 0 Å². The van der Waals surface area contributed by atoms with Crippen molar-refractivity contribution in [3.05, 3.63) is 65.7 Å². The lowest BCUT2D eigenvalue weighted by Crippen LogP contribution is -2.44. The van der Waals surface area contributed by atoms with E-state index in [9.17, 15) is 14.7 Å². The van der Waals surface area contributed by atoms with Gasteiger partial charge in [-0.15, -0.1) is 0 Å². The van der Waals surface area contributed by atoms with Crippen LogP contribution in [0.25, 0.3) is 0 Å². The molecular formula is C24H31NO4Si. The quantitative estimate of drug-likeness (QED) is 0.668. The van der Waals surface area contributed by atoms with Gasteiger partial charge in [0.2, 0.25) is 0 Å². The minimum atomic E-state index is -2.10. The van der Waals surface area contributed by atoms with E-state index in [0.717, 1.165) is 5.56 Å². The molecule has 0 saturated heterocycles. The SMILES string of the molecule is CC(C)(C)[Si](C)(C)OCC(=O)C[C@]1(O)C(=O)N(Cc2ccccc2)c2ccccc21. The summed E-state index contributed by atoms with van der Waals surface area (Å²) in [6.45, 7) is 10.7. The van der Waals surface area contributed by atoms with Crippen molar-refractivity contribution in [2.75, 3.05) is 11.5 Å². The first-order valence-electron chi connectivity index (χ1n) is 10.3. The molecule has 0 aromatic heterocycles. The van der Waals surface area contributed by atoms with Crippen LogP contribution < -0.4 is 4.90 Å². The number of para-hydroxylation sites is 1. The number of carbonyl (C=O) groups excluding carboxylic acids is 2. The summed E-state index contributed by atoms with van der Waals surface area (Å²) in [5.74, 6) is -0.736. The van der Waals surface area contributed by atoms with E-state index in [2.05, 4.69) is 33.9 Å². The standard InChI is InChI=1S/C24H31NO4Si/c1-23(2,3)30(4,5)29-17-19(26)15-24(28)20-13-9-10-14-21(20)25(22(24)27)16-18-11-7-6-8-12-18/h6-14,28H,15-17H2,1-5H3/t24-/m1/s1. The Balaban J connectivity index is 1.80. The Morgan fingerprint density at radius 1 is 1.07 bits per heavy atom. The fourth-order valence-electron chi connectivity index (χ4n) is 3.41. The predicted octanol–water partition coefficient (Wildman–Crippen LogP) is 4.40. The molecule has 160 valence electrons. The first kappa shape index (κ1) is 22.4. The molecule has 1 atom stereocenters. The zero-order chi connectivity index (χ0) is 22.2. The zero-order valence-corrected chi connectivity index (χ0v) is 19.4. The van der Waals surface area contributed by atoms with Crippen LogP contribution in [0.15, 0.2) is 54.6 Å². The molecule has 2 aromatic rings. The number of hydrogen-bond acceptors (Lipinski definition) is 4. The van der Waals surface area contributed by atoms with Crippen molar-refractivity contribution in [1.82, 2.24) is 0 Å². The first-order valence-corrected chi connectivity index (χ1v) is 13.2. The lowest BCUT2D eigenvalue weighted by molar-refractivity contribution is -0.142. The average Bonchev–Trinajstić information content (AvgIpc) is 2.89. The smallest absolute Gasteiger partial charge is 0.264 e. The Morgan fingerprint density at radius 2 is 1.67 bits per heavy atom. The van der Waals surface area contributed by atoms with Crippen LogP contribution in [-0.2, 0) is 26.2 Å². The van der Waals surface area contributed by atoms with Gasteiger partial charge in [-0.2, -0.15) is 0 Å². The molecule has 1 aliphatic rings. The molecule has 6 heteroatoms. The van der Waals surface area contributed by atoms with Crippen molar-refractivity contribution in [3.8, 4) is 0 Å². The van der Waals surface area contributed by atoms with Crippen LogP contribution in [0.2, 0.25) is 18.1 Å². The number of Topliss-reactive ketones (excluding diaryl/α,β-unsaturated/α-hetero) is 1. The van der Waals surface area contributed by atoms with Gasteiger partial charge in [0.05, 0.1) is 25.3 Å². The van der Waals surface area contributed by atoms with Crippen LogP contribution in [-0.4, -0.2) is 31.7 Å². The molecule has 0 radical (unpaired) electrons. The van der Waals surface area contributed by atoms with Gasteiger partial charge in [-0.1, -0.05) is 69.3 Å². The molecule has 0 spiro atoms.